The molecule has 2 aliphatic rings. The maximum absolute atomic E-state index is 13.2. The van der Waals surface area contributed by atoms with Crippen molar-refractivity contribution in [2.45, 2.75) is 79.1 Å². The zero-order valence-electron chi connectivity index (χ0n) is 26.9. The number of rotatable bonds is 14. The SMILES string of the molecule is CCC1(CC(C)COC(=O)c2c(Cl)c(Cl)cc(Cl)c2OC(=O)C(=O)Oc2c(Cl)cc(Cl)c(Cl)c2C(=O)OCC(C)CC2(CC)CC2)CC1. The fourth-order valence-corrected chi connectivity index (χ4v) is 7.36. The van der Waals surface area contributed by atoms with E-state index in [2.05, 4.69) is 13.8 Å². The zero-order chi connectivity index (χ0) is 35.6. The van der Waals surface area contributed by atoms with Crippen molar-refractivity contribution in [3.63, 3.8) is 0 Å². The number of esters is 4. The van der Waals surface area contributed by atoms with Crippen LogP contribution in [0.5, 0.6) is 11.5 Å². The lowest BCUT2D eigenvalue weighted by atomic mass is 9.91. The first-order valence-electron chi connectivity index (χ1n) is 15.7. The van der Waals surface area contributed by atoms with Gasteiger partial charge in [0.1, 0.15) is 11.1 Å². The Hall–Kier alpha value is -1.94. The molecular weight excluding hydrogens is 749 g/mol. The summed E-state index contributed by atoms with van der Waals surface area (Å²) in [7, 11) is 0. The molecule has 262 valence electrons. The van der Waals surface area contributed by atoms with Crippen molar-refractivity contribution in [1.82, 2.24) is 0 Å². The molecule has 0 aliphatic heterocycles. The van der Waals surface area contributed by atoms with Gasteiger partial charge in [0, 0.05) is 0 Å². The summed E-state index contributed by atoms with van der Waals surface area (Å²) in [5.74, 6) is -6.28. The van der Waals surface area contributed by atoms with Gasteiger partial charge in [0.2, 0.25) is 0 Å². The standard InChI is InChI=1S/C34H36Cl6O8/c1-5-33(7-8-33)13-17(3)15-45-29(41)23-25(39)19(35)11-21(37)27(23)47-31(43)32(44)48-28-22(38)12-20(36)26(40)24(28)30(42)46-16-18(4)14-34(6-2)9-10-34/h11-12,17-18H,5-10,13-16H2,1-4H3. The molecule has 0 heterocycles. The highest BCUT2D eigenvalue weighted by Gasteiger charge is 2.42. The molecule has 4 rings (SSSR count). The van der Waals surface area contributed by atoms with Gasteiger partial charge in [0.05, 0.1) is 43.3 Å². The van der Waals surface area contributed by atoms with Crippen molar-refractivity contribution in [3.05, 3.63) is 53.4 Å². The first kappa shape index (κ1) is 38.9. The van der Waals surface area contributed by atoms with E-state index in [9.17, 15) is 19.2 Å². The summed E-state index contributed by atoms with van der Waals surface area (Å²) in [5, 5.41) is -1.46. The lowest BCUT2D eigenvalue weighted by Crippen LogP contribution is -2.27. The van der Waals surface area contributed by atoms with Crippen LogP contribution < -0.4 is 9.47 Å². The van der Waals surface area contributed by atoms with Crippen LogP contribution in [0.25, 0.3) is 0 Å². The third-order valence-corrected chi connectivity index (χ3v) is 11.3. The van der Waals surface area contributed by atoms with Gasteiger partial charge < -0.3 is 18.9 Å². The highest BCUT2D eigenvalue weighted by atomic mass is 35.5. The summed E-state index contributed by atoms with van der Waals surface area (Å²) < 4.78 is 21.4. The largest absolute Gasteiger partial charge is 0.462 e. The van der Waals surface area contributed by atoms with Gasteiger partial charge in [0.25, 0.3) is 0 Å². The average molecular weight is 785 g/mol. The number of hydrogen-bond donors (Lipinski definition) is 0. The topological polar surface area (TPSA) is 105 Å². The van der Waals surface area contributed by atoms with E-state index in [1.165, 1.54) is 0 Å². The van der Waals surface area contributed by atoms with Gasteiger partial charge in [-0.15, -0.1) is 0 Å². The second kappa shape index (κ2) is 15.9. The fourth-order valence-electron chi connectivity index (χ4n) is 5.92. The Bertz CT molecular complexity index is 1480. The highest BCUT2D eigenvalue weighted by molar-refractivity contribution is 6.47. The molecular formula is C34H36Cl6O8. The molecule has 0 aromatic heterocycles. The van der Waals surface area contributed by atoms with Gasteiger partial charge in [-0.25, -0.2) is 19.2 Å². The lowest BCUT2D eigenvalue weighted by Gasteiger charge is -2.20. The fraction of sp³-hybridized carbons (Fsp3) is 0.529. The van der Waals surface area contributed by atoms with Crippen LogP contribution in [-0.4, -0.2) is 37.1 Å². The minimum atomic E-state index is -1.64. The highest BCUT2D eigenvalue weighted by Crippen LogP contribution is 2.54. The quantitative estimate of drug-likeness (QED) is 0.0807. The van der Waals surface area contributed by atoms with Crippen molar-refractivity contribution < 1.29 is 38.1 Å². The third kappa shape index (κ3) is 9.23. The van der Waals surface area contributed by atoms with Crippen LogP contribution in [0.1, 0.15) is 99.8 Å². The van der Waals surface area contributed by atoms with E-state index >= 15 is 0 Å². The van der Waals surface area contributed by atoms with Crippen LogP contribution in [0.2, 0.25) is 30.1 Å². The van der Waals surface area contributed by atoms with E-state index in [0.717, 1.165) is 63.5 Å². The molecule has 2 saturated carbocycles. The molecule has 2 atom stereocenters. The summed E-state index contributed by atoms with van der Waals surface area (Å²) in [4.78, 5) is 52.5. The molecule has 14 heteroatoms. The number of benzene rings is 2. The smallest absolute Gasteiger partial charge is 0.423 e. The van der Waals surface area contributed by atoms with E-state index in [-0.39, 0.29) is 66.0 Å². The number of hydrogen-bond acceptors (Lipinski definition) is 8. The maximum atomic E-state index is 13.2. The van der Waals surface area contributed by atoms with Gasteiger partial charge in [-0.3, -0.25) is 0 Å². The molecule has 8 nitrogen and oxygen atoms in total. The molecule has 2 aromatic carbocycles. The molecule has 0 N–H and O–H groups in total. The van der Waals surface area contributed by atoms with Crippen LogP contribution in [0, 0.1) is 22.7 Å². The van der Waals surface area contributed by atoms with E-state index in [1.54, 1.807) is 0 Å². The summed E-state index contributed by atoms with van der Waals surface area (Å²) in [6.07, 6.45) is 8.33. The number of halogens is 6. The Morgan fingerprint density at radius 2 is 0.958 bits per heavy atom. The minimum Gasteiger partial charge on any atom is -0.462 e. The maximum Gasteiger partial charge on any atom is 0.423 e. The van der Waals surface area contributed by atoms with Crippen LogP contribution in [0.4, 0.5) is 0 Å². The first-order chi connectivity index (χ1) is 22.6. The Morgan fingerprint density at radius 3 is 1.25 bits per heavy atom. The van der Waals surface area contributed by atoms with E-state index in [4.69, 9.17) is 88.6 Å². The molecule has 0 amide bonds. The minimum absolute atomic E-state index is 0.0389. The van der Waals surface area contributed by atoms with E-state index in [1.807, 2.05) is 13.8 Å². The van der Waals surface area contributed by atoms with Crippen molar-refractivity contribution in [3.8, 4) is 11.5 Å². The molecule has 48 heavy (non-hydrogen) atoms. The Kier molecular flexibility index (Phi) is 12.9. The van der Waals surface area contributed by atoms with Gasteiger partial charge in [-0.1, -0.05) is 110 Å². The predicted molar refractivity (Wildman–Crippen MR) is 186 cm³/mol. The average Bonchev–Trinajstić information content (AvgIpc) is 3.98. The van der Waals surface area contributed by atoms with Crippen molar-refractivity contribution in [2.75, 3.05) is 13.2 Å². The van der Waals surface area contributed by atoms with Gasteiger partial charge >= 0.3 is 23.9 Å². The monoisotopic (exact) mass is 782 g/mol. The summed E-state index contributed by atoms with van der Waals surface area (Å²) >= 11 is 37.5. The van der Waals surface area contributed by atoms with Gasteiger partial charge in [-0.2, -0.15) is 0 Å². The second-order valence-electron chi connectivity index (χ2n) is 13.0. The third-order valence-electron chi connectivity index (χ3n) is 9.19. The molecule has 0 radical (unpaired) electrons. The Balaban J connectivity index is 1.50. The number of ether oxygens (including phenoxy) is 4. The van der Waals surface area contributed by atoms with Crippen LogP contribution in [0.3, 0.4) is 0 Å². The van der Waals surface area contributed by atoms with Crippen molar-refractivity contribution >= 4 is 93.5 Å². The molecule has 2 aromatic rings. The Morgan fingerprint density at radius 1 is 0.625 bits per heavy atom. The molecule has 0 saturated heterocycles. The van der Waals surface area contributed by atoms with E-state index < -0.39 is 46.5 Å². The van der Waals surface area contributed by atoms with Crippen molar-refractivity contribution in [1.29, 1.82) is 0 Å². The number of carbonyl (C=O) groups is 4. The second-order valence-corrected chi connectivity index (χ2v) is 15.4. The summed E-state index contributed by atoms with van der Waals surface area (Å²) in [6, 6.07) is 2.26. The first-order valence-corrected chi connectivity index (χ1v) is 18.0. The van der Waals surface area contributed by atoms with Crippen LogP contribution in [-0.2, 0) is 19.1 Å². The van der Waals surface area contributed by atoms with E-state index in [0.29, 0.717) is 0 Å². The molecule has 0 spiro atoms. The molecule has 2 fully saturated rings. The van der Waals surface area contributed by atoms with Crippen molar-refractivity contribution in [2.24, 2.45) is 22.7 Å². The molecule has 2 unspecified atom stereocenters. The zero-order valence-corrected chi connectivity index (χ0v) is 31.4. The summed E-state index contributed by atoms with van der Waals surface area (Å²) in [5.41, 5.74) is -0.378. The predicted octanol–water partition coefficient (Wildman–Crippen LogP) is 10.9. The summed E-state index contributed by atoms with van der Waals surface area (Å²) in [6.45, 7) is 8.30. The lowest BCUT2D eigenvalue weighted by molar-refractivity contribution is -0.156. The molecule has 0 bridgehead atoms. The number of carbonyl (C=O) groups excluding carboxylic acids is 4. The van der Waals surface area contributed by atoms with Gasteiger partial charge in [-0.05, 0) is 73.3 Å². The van der Waals surface area contributed by atoms with Crippen LogP contribution >= 0.6 is 69.6 Å². The van der Waals surface area contributed by atoms with Gasteiger partial charge in [0.15, 0.2) is 11.5 Å². The molecule has 2 aliphatic carbocycles. The van der Waals surface area contributed by atoms with Crippen LogP contribution in [0.15, 0.2) is 12.1 Å². The normalized spacial score (nSPS) is 16.8. The Labute approximate surface area is 309 Å².